The summed E-state index contributed by atoms with van der Waals surface area (Å²) in [7, 11) is 0. The van der Waals surface area contributed by atoms with Crippen molar-refractivity contribution in [2.45, 2.75) is 44.4 Å². The number of aliphatic imine (C=N–C) groups is 1. The quantitative estimate of drug-likeness (QED) is 0.599. The lowest BCUT2D eigenvalue weighted by molar-refractivity contribution is 0.558. The average Bonchev–Trinajstić information content (AvgIpc) is 2.41. The third kappa shape index (κ3) is 1.26. The van der Waals surface area contributed by atoms with E-state index in [0.29, 0.717) is 0 Å². The van der Waals surface area contributed by atoms with Crippen LogP contribution in [0.4, 0.5) is 5.69 Å². The molecule has 1 saturated carbocycles. The molecule has 1 aromatic carbocycles. The van der Waals surface area contributed by atoms with Gasteiger partial charge in [0.2, 0.25) is 0 Å². The predicted molar refractivity (Wildman–Crippen MR) is 64.0 cm³/mol. The first kappa shape index (κ1) is 9.14. The van der Waals surface area contributed by atoms with Gasteiger partial charge in [0.25, 0.3) is 0 Å². The van der Waals surface area contributed by atoms with Crippen molar-refractivity contribution in [3.63, 3.8) is 0 Å². The van der Waals surface area contributed by atoms with Crippen molar-refractivity contribution < 1.29 is 0 Å². The molecule has 0 saturated heterocycles. The highest BCUT2D eigenvalue weighted by Gasteiger charge is 2.38. The van der Waals surface area contributed by atoms with Crippen LogP contribution in [0, 0.1) is 0 Å². The molecule has 2 aliphatic rings. The van der Waals surface area contributed by atoms with Gasteiger partial charge in [-0.1, -0.05) is 38.0 Å². The number of nitrogens with zero attached hydrogens (tertiary/aromatic N) is 1. The Morgan fingerprint density at radius 2 is 2.00 bits per heavy atom. The highest BCUT2D eigenvalue weighted by molar-refractivity contribution is 6.01. The summed E-state index contributed by atoms with van der Waals surface area (Å²) >= 11 is 0. The maximum Gasteiger partial charge on any atom is 0.0670 e. The van der Waals surface area contributed by atoms with Crippen molar-refractivity contribution >= 4 is 11.4 Å². The third-order valence-electron chi connectivity index (χ3n) is 3.98. The molecule has 1 heteroatoms. The Morgan fingerprint density at radius 1 is 1.13 bits per heavy atom. The molecule has 0 aromatic heterocycles. The fraction of sp³-hybridized carbons (Fsp3) is 0.500. The minimum Gasteiger partial charge on any atom is -0.257 e. The molecule has 0 spiro atoms. The Morgan fingerprint density at radius 3 is 2.93 bits per heavy atom. The molecule has 0 N–H and O–H groups in total. The summed E-state index contributed by atoms with van der Waals surface area (Å²) < 4.78 is 0. The molecule has 1 aromatic rings. The summed E-state index contributed by atoms with van der Waals surface area (Å²) in [4.78, 5) is 4.82. The van der Waals surface area contributed by atoms with Gasteiger partial charge >= 0.3 is 0 Å². The monoisotopic (exact) mass is 199 g/mol. The second-order valence-electron chi connectivity index (χ2n) is 4.97. The fourth-order valence-corrected chi connectivity index (χ4v) is 3.02. The number of benzene rings is 1. The molecule has 1 nitrogen and oxygen atoms in total. The van der Waals surface area contributed by atoms with E-state index < -0.39 is 0 Å². The van der Waals surface area contributed by atoms with Crippen molar-refractivity contribution in [2.24, 2.45) is 4.99 Å². The average molecular weight is 199 g/mol. The lowest BCUT2D eigenvalue weighted by Crippen LogP contribution is -2.28. The maximum absolute atomic E-state index is 4.82. The van der Waals surface area contributed by atoms with Crippen molar-refractivity contribution in [2.75, 3.05) is 0 Å². The molecule has 0 radical (unpaired) electrons. The van der Waals surface area contributed by atoms with Gasteiger partial charge < -0.3 is 0 Å². The maximum atomic E-state index is 4.82. The van der Waals surface area contributed by atoms with E-state index in [-0.39, 0.29) is 5.41 Å². The van der Waals surface area contributed by atoms with Crippen LogP contribution in [0.5, 0.6) is 0 Å². The van der Waals surface area contributed by atoms with E-state index in [9.17, 15) is 0 Å². The van der Waals surface area contributed by atoms with Crippen LogP contribution in [0.1, 0.15) is 44.6 Å². The van der Waals surface area contributed by atoms with Crippen LogP contribution in [-0.2, 0) is 5.41 Å². The predicted octanol–water partition coefficient (Wildman–Crippen LogP) is 3.99. The molecule has 0 unspecified atom stereocenters. The summed E-state index contributed by atoms with van der Waals surface area (Å²) in [5.74, 6) is 0. The molecule has 0 amide bonds. The smallest absolute Gasteiger partial charge is 0.0670 e. The van der Waals surface area contributed by atoms with E-state index in [4.69, 9.17) is 4.99 Å². The van der Waals surface area contributed by atoms with Crippen LogP contribution in [0.25, 0.3) is 0 Å². The topological polar surface area (TPSA) is 12.4 Å². The zero-order valence-corrected chi connectivity index (χ0v) is 9.29. The normalized spacial score (nSPS) is 29.0. The molecule has 1 aliphatic carbocycles. The number of rotatable bonds is 0. The Balaban J connectivity index is 2.13. The van der Waals surface area contributed by atoms with Gasteiger partial charge in [0, 0.05) is 11.1 Å². The molecular weight excluding hydrogens is 182 g/mol. The molecule has 78 valence electrons. The van der Waals surface area contributed by atoms with Crippen molar-refractivity contribution in [1.29, 1.82) is 0 Å². The minimum absolute atomic E-state index is 0.257. The van der Waals surface area contributed by atoms with Crippen LogP contribution in [0.3, 0.4) is 0 Å². The van der Waals surface area contributed by atoms with Gasteiger partial charge in [-0.05, 0) is 30.9 Å². The van der Waals surface area contributed by atoms with Gasteiger partial charge in [-0.2, -0.15) is 0 Å². The van der Waals surface area contributed by atoms with Crippen molar-refractivity contribution in [1.82, 2.24) is 0 Å². The summed E-state index contributed by atoms with van der Waals surface area (Å²) in [6.07, 6.45) is 6.52. The van der Waals surface area contributed by atoms with E-state index in [0.717, 1.165) is 0 Å². The Bertz CT molecular complexity index is 419. The first-order chi connectivity index (χ1) is 7.31. The molecule has 0 bridgehead atoms. The summed E-state index contributed by atoms with van der Waals surface area (Å²) in [5, 5.41) is 0. The molecule has 1 heterocycles. The van der Waals surface area contributed by atoms with E-state index in [1.165, 1.54) is 49.1 Å². The van der Waals surface area contributed by atoms with Crippen LogP contribution in [0.15, 0.2) is 29.3 Å². The van der Waals surface area contributed by atoms with Crippen LogP contribution in [0.2, 0.25) is 0 Å². The molecular formula is C14H17N. The first-order valence-electron chi connectivity index (χ1n) is 5.98. The highest BCUT2D eigenvalue weighted by atomic mass is 14.8. The SMILES string of the molecule is C[C@@]12CCCCCC1=Nc1ccccc12. The van der Waals surface area contributed by atoms with Gasteiger partial charge in [-0.25, -0.2) is 0 Å². The molecule has 1 atom stereocenters. The summed E-state index contributed by atoms with van der Waals surface area (Å²) in [6, 6.07) is 8.66. The largest absolute Gasteiger partial charge is 0.257 e. The second-order valence-corrected chi connectivity index (χ2v) is 4.97. The van der Waals surface area contributed by atoms with Gasteiger partial charge in [0.05, 0.1) is 5.69 Å². The van der Waals surface area contributed by atoms with Crippen molar-refractivity contribution in [3.05, 3.63) is 29.8 Å². The first-order valence-corrected chi connectivity index (χ1v) is 5.98. The van der Waals surface area contributed by atoms with Crippen LogP contribution >= 0.6 is 0 Å². The zero-order valence-electron chi connectivity index (χ0n) is 9.29. The zero-order chi connectivity index (χ0) is 10.3. The number of hydrogen-bond acceptors (Lipinski definition) is 1. The minimum atomic E-state index is 0.257. The molecule has 1 aliphatic heterocycles. The second kappa shape index (κ2) is 3.19. The van der Waals surface area contributed by atoms with Gasteiger partial charge in [0.15, 0.2) is 0 Å². The van der Waals surface area contributed by atoms with E-state index in [2.05, 4.69) is 31.2 Å². The van der Waals surface area contributed by atoms with Gasteiger partial charge in [0.1, 0.15) is 0 Å². The lowest BCUT2D eigenvalue weighted by Gasteiger charge is -2.25. The van der Waals surface area contributed by atoms with E-state index >= 15 is 0 Å². The van der Waals surface area contributed by atoms with E-state index in [1.807, 2.05) is 0 Å². The molecule has 3 rings (SSSR count). The Labute approximate surface area is 91.2 Å². The fourth-order valence-electron chi connectivity index (χ4n) is 3.02. The van der Waals surface area contributed by atoms with Gasteiger partial charge in [-0.3, -0.25) is 4.99 Å². The van der Waals surface area contributed by atoms with Gasteiger partial charge in [-0.15, -0.1) is 0 Å². The number of para-hydroxylation sites is 1. The van der Waals surface area contributed by atoms with Crippen LogP contribution in [-0.4, -0.2) is 5.71 Å². The van der Waals surface area contributed by atoms with Crippen LogP contribution < -0.4 is 0 Å². The third-order valence-corrected chi connectivity index (χ3v) is 3.98. The highest BCUT2D eigenvalue weighted by Crippen LogP contribution is 2.45. The summed E-state index contributed by atoms with van der Waals surface area (Å²) in [6.45, 7) is 2.38. The van der Waals surface area contributed by atoms with Crippen molar-refractivity contribution in [3.8, 4) is 0 Å². The summed E-state index contributed by atoms with van der Waals surface area (Å²) in [5.41, 5.74) is 4.37. The number of hydrogen-bond donors (Lipinski definition) is 0. The molecule has 15 heavy (non-hydrogen) atoms. The molecule has 1 fully saturated rings. The number of fused-ring (bicyclic) bond motifs is 3. The van der Waals surface area contributed by atoms with E-state index in [1.54, 1.807) is 0 Å². The Kier molecular flexibility index (Phi) is 1.95. The standard InChI is InChI=1S/C14H17N/c1-14-10-6-2-3-9-13(14)15-12-8-5-4-7-11(12)14/h4-5,7-8H,2-3,6,9-10H2,1H3/t14-/m0/s1. The lowest BCUT2D eigenvalue weighted by atomic mass is 9.76. The Hall–Kier alpha value is -1.11.